The van der Waals surface area contributed by atoms with Gasteiger partial charge in [-0.25, -0.2) is 18.7 Å². The van der Waals surface area contributed by atoms with Crippen LogP contribution in [0.25, 0.3) is 0 Å². The molecule has 0 aromatic carbocycles. The van der Waals surface area contributed by atoms with Crippen molar-refractivity contribution in [1.82, 2.24) is 19.9 Å². The Morgan fingerprint density at radius 1 is 1.11 bits per heavy atom. The Hall–Kier alpha value is -2.35. The van der Waals surface area contributed by atoms with E-state index in [9.17, 15) is 8.78 Å². The quantitative estimate of drug-likeness (QED) is 0.785. The first-order valence-electron chi connectivity index (χ1n) is 9.72. The molecule has 0 unspecified atom stereocenters. The molecule has 150 valence electrons. The van der Waals surface area contributed by atoms with Crippen molar-refractivity contribution in [2.24, 2.45) is 0 Å². The summed E-state index contributed by atoms with van der Waals surface area (Å²) in [5.74, 6) is -0.943. The molecule has 4 heterocycles. The molecule has 0 bridgehead atoms. The van der Waals surface area contributed by atoms with E-state index in [-0.39, 0.29) is 12.8 Å². The van der Waals surface area contributed by atoms with Crippen LogP contribution in [0.1, 0.15) is 24.1 Å². The number of hydrogen-bond donors (Lipinski definition) is 0. The molecular weight excluding hydrogens is 362 g/mol. The number of pyridine rings is 1. The smallest absolute Gasteiger partial charge is 0.251 e. The maximum atomic E-state index is 13.4. The van der Waals surface area contributed by atoms with Crippen molar-refractivity contribution in [3.63, 3.8) is 0 Å². The molecule has 0 atom stereocenters. The summed E-state index contributed by atoms with van der Waals surface area (Å²) in [6.45, 7) is 5.36. The van der Waals surface area contributed by atoms with Crippen LogP contribution in [0.15, 0.2) is 30.7 Å². The van der Waals surface area contributed by atoms with Gasteiger partial charge in [0.15, 0.2) is 0 Å². The maximum absolute atomic E-state index is 13.4. The second-order valence-electron chi connectivity index (χ2n) is 7.80. The largest absolute Gasteiger partial charge is 0.356 e. The summed E-state index contributed by atoms with van der Waals surface area (Å²) < 4.78 is 26.8. The first-order chi connectivity index (χ1) is 13.4. The molecular formula is C20H26F2N6. The molecule has 4 rings (SSSR count). The number of aryl methyl sites for hydroxylation is 1. The van der Waals surface area contributed by atoms with Crippen LogP contribution in [0.3, 0.4) is 0 Å². The number of likely N-dealkylation sites (N-methyl/N-ethyl adjacent to an activating group) is 1. The normalized spacial score (nSPS) is 19.8. The standard InChI is InChI=1S/C20H26F2N6/c1-15-16(4-3-7-23-15)11-26(2)17-12-28(13-17)19-10-18(24-14-25-19)27-8-5-20(21,22)6-9-27/h3-4,7,10,14,17H,5-6,8-9,11-13H2,1-2H3. The van der Waals surface area contributed by atoms with Crippen molar-refractivity contribution >= 4 is 11.6 Å². The van der Waals surface area contributed by atoms with Gasteiger partial charge >= 0.3 is 0 Å². The van der Waals surface area contributed by atoms with E-state index >= 15 is 0 Å². The molecule has 2 saturated heterocycles. The highest BCUT2D eigenvalue weighted by molar-refractivity contribution is 5.52. The van der Waals surface area contributed by atoms with Crippen LogP contribution in [-0.2, 0) is 6.54 Å². The lowest BCUT2D eigenvalue weighted by Crippen LogP contribution is -2.58. The average molecular weight is 388 g/mol. The minimum atomic E-state index is -2.55. The number of halogens is 2. The van der Waals surface area contributed by atoms with E-state index in [2.05, 4.69) is 37.9 Å². The number of alkyl halides is 2. The lowest BCUT2D eigenvalue weighted by molar-refractivity contribution is -0.0221. The van der Waals surface area contributed by atoms with E-state index in [0.717, 1.165) is 37.0 Å². The molecule has 0 amide bonds. The van der Waals surface area contributed by atoms with Crippen LogP contribution >= 0.6 is 0 Å². The third-order valence-electron chi connectivity index (χ3n) is 5.80. The van der Waals surface area contributed by atoms with Gasteiger partial charge in [-0.05, 0) is 25.6 Å². The van der Waals surface area contributed by atoms with E-state index in [0.29, 0.717) is 19.1 Å². The van der Waals surface area contributed by atoms with Gasteiger partial charge in [-0.1, -0.05) is 6.07 Å². The summed E-state index contributed by atoms with van der Waals surface area (Å²) in [6, 6.07) is 6.47. The highest BCUT2D eigenvalue weighted by Gasteiger charge is 2.35. The third-order valence-corrected chi connectivity index (χ3v) is 5.80. The van der Waals surface area contributed by atoms with Crippen LogP contribution < -0.4 is 9.80 Å². The monoisotopic (exact) mass is 388 g/mol. The maximum Gasteiger partial charge on any atom is 0.251 e. The van der Waals surface area contributed by atoms with Gasteiger partial charge in [0.25, 0.3) is 5.92 Å². The van der Waals surface area contributed by atoms with Gasteiger partial charge in [0.05, 0.1) is 0 Å². The molecule has 2 fully saturated rings. The average Bonchev–Trinajstić information content (AvgIpc) is 2.63. The molecule has 2 aliphatic heterocycles. The Bertz CT molecular complexity index is 814. The zero-order valence-electron chi connectivity index (χ0n) is 16.4. The van der Waals surface area contributed by atoms with Crippen LogP contribution in [0.2, 0.25) is 0 Å². The molecule has 2 aromatic rings. The summed E-state index contributed by atoms with van der Waals surface area (Å²) in [7, 11) is 2.13. The zero-order chi connectivity index (χ0) is 19.7. The summed E-state index contributed by atoms with van der Waals surface area (Å²) in [5, 5.41) is 0. The molecule has 2 aromatic heterocycles. The SMILES string of the molecule is Cc1ncccc1CN(C)C1CN(c2cc(N3CCC(F)(F)CC3)ncn2)C1. The Morgan fingerprint density at radius 3 is 2.46 bits per heavy atom. The number of aromatic nitrogens is 3. The molecule has 0 aliphatic carbocycles. The Balaban J connectivity index is 1.34. The highest BCUT2D eigenvalue weighted by atomic mass is 19.3. The van der Waals surface area contributed by atoms with Gasteiger partial charge in [-0.15, -0.1) is 0 Å². The molecule has 8 heteroatoms. The predicted molar refractivity (Wildman–Crippen MR) is 105 cm³/mol. The minimum absolute atomic E-state index is 0.114. The number of anilines is 2. The molecule has 0 N–H and O–H groups in total. The van der Waals surface area contributed by atoms with E-state index in [1.165, 1.54) is 11.9 Å². The van der Waals surface area contributed by atoms with E-state index in [1.807, 2.05) is 30.2 Å². The van der Waals surface area contributed by atoms with Crippen molar-refractivity contribution in [2.45, 2.75) is 38.3 Å². The Labute approximate surface area is 164 Å². The molecule has 0 spiro atoms. The van der Waals surface area contributed by atoms with Crippen LogP contribution in [0, 0.1) is 6.92 Å². The minimum Gasteiger partial charge on any atom is -0.356 e. The molecule has 2 aliphatic rings. The Kier molecular flexibility index (Phi) is 5.14. The van der Waals surface area contributed by atoms with Crippen LogP contribution in [0.5, 0.6) is 0 Å². The van der Waals surface area contributed by atoms with E-state index in [4.69, 9.17) is 0 Å². The number of hydrogen-bond acceptors (Lipinski definition) is 6. The van der Waals surface area contributed by atoms with Gasteiger partial charge in [0.2, 0.25) is 0 Å². The van der Waals surface area contributed by atoms with Crippen molar-refractivity contribution < 1.29 is 8.78 Å². The second kappa shape index (κ2) is 7.58. The fourth-order valence-electron chi connectivity index (χ4n) is 3.75. The molecule has 0 radical (unpaired) electrons. The Morgan fingerprint density at radius 2 is 1.79 bits per heavy atom. The molecule has 6 nitrogen and oxygen atoms in total. The van der Waals surface area contributed by atoms with Gasteiger partial charge in [0, 0.05) is 69.6 Å². The van der Waals surface area contributed by atoms with Crippen LogP contribution in [-0.4, -0.2) is 65.0 Å². The highest BCUT2D eigenvalue weighted by Crippen LogP contribution is 2.31. The number of rotatable bonds is 5. The van der Waals surface area contributed by atoms with Crippen molar-refractivity contribution in [3.05, 3.63) is 42.0 Å². The van der Waals surface area contributed by atoms with Gasteiger partial charge < -0.3 is 9.80 Å². The molecule has 0 saturated carbocycles. The summed E-state index contributed by atoms with van der Waals surface area (Å²) in [6.07, 6.45) is 3.13. The van der Waals surface area contributed by atoms with Crippen LogP contribution in [0.4, 0.5) is 20.4 Å². The predicted octanol–water partition coefficient (Wildman–Crippen LogP) is 2.74. The van der Waals surface area contributed by atoms with Gasteiger partial charge in [0.1, 0.15) is 18.0 Å². The zero-order valence-corrected chi connectivity index (χ0v) is 16.4. The summed E-state index contributed by atoms with van der Waals surface area (Å²) in [5.41, 5.74) is 2.31. The number of piperidine rings is 1. The first kappa shape index (κ1) is 19.0. The summed E-state index contributed by atoms with van der Waals surface area (Å²) >= 11 is 0. The second-order valence-corrected chi connectivity index (χ2v) is 7.80. The van der Waals surface area contributed by atoms with Crippen molar-refractivity contribution in [3.8, 4) is 0 Å². The van der Waals surface area contributed by atoms with Gasteiger partial charge in [-0.3, -0.25) is 9.88 Å². The fraction of sp³-hybridized carbons (Fsp3) is 0.550. The third kappa shape index (κ3) is 4.06. The van der Waals surface area contributed by atoms with Crippen molar-refractivity contribution in [1.29, 1.82) is 0 Å². The number of nitrogens with zero attached hydrogens (tertiary/aromatic N) is 6. The van der Waals surface area contributed by atoms with E-state index < -0.39 is 5.92 Å². The van der Waals surface area contributed by atoms with Crippen molar-refractivity contribution in [2.75, 3.05) is 43.0 Å². The lowest BCUT2D eigenvalue weighted by atomic mass is 10.1. The van der Waals surface area contributed by atoms with E-state index in [1.54, 1.807) is 0 Å². The van der Waals surface area contributed by atoms with Gasteiger partial charge in [-0.2, -0.15) is 0 Å². The lowest BCUT2D eigenvalue weighted by Gasteiger charge is -2.45. The fourth-order valence-corrected chi connectivity index (χ4v) is 3.75. The first-order valence-corrected chi connectivity index (χ1v) is 9.72. The summed E-state index contributed by atoms with van der Waals surface area (Å²) in [4.78, 5) is 19.5. The topological polar surface area (TPSA) is 48.4 Å². The molecule has 28 heavy (non-hydrogen) atoms.